The summed E-state index contributed by atoms with van der Waals surface area (Å²) >= 11 is 0. The first kappa shape index (κ1) is 15.1. The molecule has 0 spiro atoms. The Morgan fingerprint density at radius 3 is 2.58 bits per heavy atom. The van der Waals surface area contributed by atoms with Gasteiger partial charge in [-0.3, -0.25) is 9.59 Å². The first-order valence-corrected chi connectivity index (χ1v) is 5.80. The van der Waals surface area contributed by atoms with Crippen LogP contribution < -0.4 is 5.32 Å². The molecule has 0 saturated carbocycles. The highest BCUT2D eigenvalue weighted by Gasteiger charge is 2.20. The fraction of sp³-hybridized carbons (Fsp3) is 0.385. The third kappa shape index (κ3) is 4.01. The van der Waals surface area contributed by atoms with Crippen molar-refractivity contribution in [2.45, 2.75) is 32.7 Å². The molecule has 1 aromatic rings. The molecule has 0 aliphatic carbocycles. The molecule has 104 valence electrons. The predicted molar refractivity (Wildman–Crippen MR) is 64.9 cm³/mol. The van der Waals surface area contributed by atoms with Gasteiger partial charge in [0.15, 0.2) is 0 Å². The Bertz CT molecular complexity index is 503. The van der Waals surface area contributed by atoms with Gasteiger partial charge in [-0.15, -0.1) is 0 Å². The minimum absolute atomic E-state index is 0.125. The number of aryl methyl sites for hydroxylation is 1. The van der Waals surface area contributed by atoms with E-state index in [2.05, 4.69) is 5.32 Å². The maximum atomic E-state index is 13.7. The van der Waals surface area contributed by atoms with Gasteiger partial charge in [-0.25, -0.2) is 8.78 Å². The Balaban J connectivity index is 2.79. The van der Waals surface area contributed by atoms with Crippen molar-refractivity contribution >= 4 is 11.9 Å². The van der Waals surface area contributed by atoms with Gasteiger partial charge >= 0.3 is 5.97 Å². The Morgan fingerprint density at radius 2 is 2.00 bits per heavy atom. The highest BCUT2D eigenvalue weighted by Crippen LogP contribution is 2.16. The van der Waals surface area contributed by atoms with Crippen LogP contribution in [-0.4, -0.2) is 23.0 Å². The van der Waals surface area contributed by atoms with Crippen LogP contribution in [0.25, 0.3) is 0 Å². The number of hydrogen-bond acceptors (Lipinski definition) is 2. The number of carbonyl (C=O) groups is 2. The van der Waals surface area contributed by atoms with Gasteiger partial charge in [0.1, 0.15) is 17.2 Å². The Labute approximate surface area is 109 Å². The third-order valence-electron chi connectivity index (χ3n) is 2.68. The van der Waals surface area contributed by atoms with Crippen molar-refractivity contribution in [2.75, 3.05) is 0 Å². The normalized spacial score (nSPS) is 12.0. The lowest BCUT2D eigenvalue weighted by molar-refractivity contribution is -0.137. The van der Waals surface area contributed by atoms with Gasteiger partial charge in [-0.2, -0.15) is 0 Å². The van der Waals surface area contributed by atoms with E-state index in [1.54, 1.807) is 6.92 Å². The van der Waals surface area contributed by atoms with E-state index in [9.17, 15) is 18.4 Å². The maximum absolute atomic E-state index is 13.7. The number of aliphatic carboxylic acids is 1. The Hall–Kier alpha value is -1.98. The average molecular weight is 271 g/mol. The molecule has 4 nitrogen and oxygen atoms in total. The Kier molecular flexibility index (Phi) is 4.97. The molecule has 0 heterocycles. The van der Waals surface area contributed by atoms with Crippen LogP contribution in [-0.2, 0) is 4.79 Å². The number of benzene rings is 1. The zero-order valence-corrected chi connectivity index (χ0v) is 10.7. The van der Waals surface area contributed by atoms with Crippen molar-refractivity contribution < 1.29 is 23.5 Å². The van der Waals surface area contributed by atoms with E-state index in [-0.39, 0.29) is 18.4 Å². The first-order valence-electron chi connectivity index (χ1n) is 5.80. The summed E-state index contributed by atoms with van der Waals surface area (Å²) in [6.45, 7) is 3.01. The van der Waals surface area contributed by atoms with Crippen LogP contribution in [0.15, 0.2) is 12.1 Å². The molecule has 1 rings (SSSR count). The molecule has 2 N–H and O–H groups in total. The molecule has 0 aromatic heterocycles. The number of carboxylic acids is 1. The molecule has 1 amide bonds. The van der Waals surface area contributed by atoms with Gasteiger partial charge in [0, 0.05) is 12.5 Å². The average Bonchev–Trinajstić information content (AvgIpc) is 2.32. The van der Waals surface area contributed by atoms with Gasteiger partial charge in [-0.05, 0) is 31.9 Å². The fourth-order valence-electron chi connectivity index (χ4n) is 1.57. The summed E-state index contributed by atoms with van der Waals surface area (Å²) in [5, 5.41) is 10.9. The minimum Gasteiger partial charge on any atom is -0.481 e. The van der Waals surface area contributed by atoms with Crippen molar-refractivity contribution in [1.29, 1.82) is 0 Å². The summed E-state index contributed by atoms with van der Waals surface area (Å²) in [5.41, 5.74) is -0.466. The second-order valence-electron chi connectivity index (χ2n) is 4.36. The molecule has 0 saturated heterocycles. The number of halogens is 2. The van der Waals surface area contributed by atoms with Crippen molar-refractivity contribution in [2.24, 2.45) is 0 Å². The van der Waals surface area contributed by atoms with Crippen LogP contribution in [0, 0.1) is 18.6 Å². The molecule has 0 bridgehead atoms. The molecular formula is C13H15F2NO3. The van der Waals surface area contributed by atoms with E-state index in [0.29, 0.717) is 0 Å². The van der Waals surface area contributed by atoms with E-state index in [4.69, 9.17) is 5.11 Å². The van der Waals surface area contributed by atoms with Gasteiger partial charge in [0.2, 0.25) is 0 Å². The van der Waals surface area contributed by atoms with E-state index < -0.39 is 35.1 Å². The highest BCUT2D eigenvalue weighted by atomic mass is 19.1. The molecule has 1 unspecified atom stereocenters. The summed E-state index contributed by atoms with van der Waals surface area (Å²) in [4.78, 5) is 22.1. The zero-order valence-electron chi connectivity index (χ0n) is 10.7. The van der Waals surface area contributed by atoms with Gasteiger partial charge < -0.3 is 10.4 Å². The summed E-state index contributed by atoms with van der Waals surface area (Å²) < 4.78 is 27.1. The molecular weight excluding hydrogens is 256 g/mol. The summed E-state index contributed by atoms with van der Waals surface area (Å²) in [5.74, 6) is -3.71. The molecule has 6 heteroatoms. The van der Waals surface area contributed by atoms with Crippen LogP contribution >= 0.6 is 0 Å². The predicted octanol–water partition coefficient (Wildman–Crippen LogP) is 2.26. The molecule has 0 aliphatic rings. The number of carboxylic acid groups (broad SMARTS) is 1. The van der Waals surface area contributed by atoms with Gasteiger partial charge in [0.25, 0.3) is 5.91 Å². The number of amides is 1. The van der Waals surface area contributed by atoms with Crippen molar-refractivity contribution in [1.82, 2.24) is 5.32 Å². The van der Waals surface area contributed by atoms with E-state index >= 15 is 0 Å². The fourth-order valence-corrected chi connectivity index (χ4v) is 1.57. The number of nitrogens with one attached hydrogen (secondary N) is 1. The number of hydrogen-bond donors (Lipinski definition) is 2. The molecule has 0 aliphatic heterocycles. The SMILES string of the molecule is Cc1ccc(F)c(C(=O)NC(C)CCC(=O)O)c1F. The van der Waals surface area contributed by atoms with Crippen molar-refractivity contribution in [3.05, 3.63) is 34.9 Å². The second-order valence-corrected chi connectivity index (χ2v) is 4.36. The smallest absolute Gasteiger partial charge is 0.303 e. The van der Waals surface area contributed by atoms with Crippen molar-refractivity contribution in [3.63, 3.8) is 0 Å². The zero-order chi connectivity index (χ0) is 14.6. The quantitative estimate of drug-likeness (QED) is 0.863. The van der Waals surface area contributed by atoms with E-state index in [0.717, 1.165) is 6.07 Å². The van der Waals surface area contributed by atoms with Gasteiger partial charge in [-0.1, -0.05) is 6.07 Å². The third-order valence-corrected chi connectivity index (χ3v) is 2.68. The summed E-state index contributed by atoms with van der Waals surface area (Å²) in [7, 11) is 0. The molecule has 1 atom stereocenters. The molecule has 0 fully saturated rings. The van der Waals surface area contributed by atoms with Crippen LogP contribution in [0.4, 0.5) is 8.78 Å². The lowest BCUT2D eigenvalue weighted by Crippen LogP contribution is -2.34. The largest absolute Gasteiger partial charge is 0.481 e. The number of carbonyl (C=O) groups excluding carboxylic acids is 1. The second kappa shape index (κ2) is 6.26. The van der Waals surface area contributed by atoms with E-state index in [1.165, 1.54) is 13.0 Å². The lowest BCUT2D eigenvalue weighted by atomic mass is 10.1. The van der Waals surface area contributed by atoms with E-state index in [1.807, 2.05) is 0 Å². The number of rotatable bonds is 5. The van der Waals surface area contributed by atoms with Gasteiger partial charge in [0.05, 0.1) is 0 Å². The first-order chi connectivity index (χ1) is 8.82. The Morgan fingerprint density at radius 1 is 1.37 bits per heavy atom. The highest BCUT2D eigenvalue weighted by molar-refractivity contribution is 5.95. The molecule has 0 radical (unpaired) electrons. The molecule has 1 aromatic carbocycles. The topological polar surface area (TPSA) is 66.4 Å². The molecule has 19 heavy (non-hydrogen) atoms. The van der Waals surface area contributed by atoms with Crippen LogP contribution in [0.2, 0.25) is 0 Å². The minimum atomic E-state index is -0.992. The maximum Gasteiger partial charge on any atom is 0.303 e. The lowest BCUT2D eigenvalue weighted by Gasteiger charge is -2.14. The van der Waals surface area contributed by atoms with Crippen LogP contribution in [0.3, 0.4) is 0 Å². The standard InChI is InChI=1S/C13H15F2NO3/c1-7-3-5-9(14)11(12(7)15)13(19)16-8(2)4-6-10(17)18/h3,5,8H,4,6H2,1-2H3,(H,16,19)(H,17,18). The summed E-state index contributed by atoms with van der Waals surface area (Å²) in [6, 6.07) is 1.78. The van der Waals surface area contributed by atoms with Crippen LogP contribution in [0.5, 0.6) is 0 Å². The van der Waals surface area contributed by atoms with Crippen LogP contribution in [0.1, 0.15) is 35.7 Å². The summed E-state index contributed by atoms with van der Waals surface area (Å²) in [6.07, 6.45) is 0.0658. The monoisotopic (exact) mass is 271 g/mol. The van der Waals surface area contributed by atoms with Crippen molar-refractivity contribution in [3.8, 4) is 0 Å².